The molecule has 0 spiro atoms. The van der Waals surface area contributed by atoms with Crippen LogP contribution in [0.1, 0.15) is 26.7 Å². The summed E-state index contributed by atoms with van der Waals surface area (Å²) in [7, 11) is 0. The summed E-state index contributed by atoms with van der Waals surface area (Å²) >= 11 is 0. The monoisotopic (exact) mass is 187 g/mol. The molecule has 1 aliphatic rings. The average molecular weight is 187 g/mol. The molecule has 2 unspecified atom stereocenters. The maximum absolute atomic E-state index is 8.67. The summed E-state index contributed by atoms with van der Waals surface area (Å²) in [5, 5.41) is 8.67. The minimum atomic E-state index is 0.113. The van der Waals surface area contributed by atoms with Crippen LogP contribution in [0.5, 0.6) is 0 Å². The van der Waals surface area contributed by atoms with Gasteiger partial charge in [-0.05, 0) is 24.7 Å². The van der Waals surface area contributed by atoms with Crippen LogP contribution in [-0.4, -0.2) is 30.5 Å². The molecule has 0 bridgehead atoms. The van der Waals surface area contributed by atoms with Crippen LogP contribution in [0, 0.1) is 11.8 Å². The van der Waals surface area contributed by atoms with Crippen LogP contribution in [0.3, 0.4) is 0 Å². The molecule has 0 aromatic carbocycles. The minimum absolute atomic E-state index is 0.113. The molecule has 0 amide bonds. The van der Waals surface area contributed by atoms with Gasteiger partial charge < -0.3 is 15.6 Å². The van der Waals surface area contributed by atoms with Gasteiger partial charge in [-0.2, -0.15) is 0 Å². The Balaban J connectivity index is 2.41. The molecule has 1 rings (SSSR count). The average Bonchev–Trinajstić information content (AvgIpc) is 2.02. The fourth-order valence-corrected chi connectivity index (χ4v) is 2.40. The number of aliphatic hydroxyl groups is 1. The SMILES string of the molecule is CC1CC(N)CC(C)C1OCCO. The highest BCUT2D eigenvalue weighted by Crippen LogP contribution is 2.30. The van der Waals surface area contributed by atoms with Gasteiger partial charge in [0.2, 0.25) is 0 Å². The Kier molecular flexibility index (Phi) is 4.16. The Morgan fingerprint density at radius 2 is 1.85 bits per heavy atom. The van der Waals surface area contributed by atoms with Crippen LogP contribution in [0.4, 0.5) is 0 Å². The van der Waals surface area contributed by atoms with Crippen molar-refractivity contribution in [3.63, 3.8) is 0 Å². The van der Waals surface area contributed by atoms with E-state index in [1.54, 1.807) is 0 Å². The van der Waals surface area contributed by atoms with Gasteiger partial charge in [0.05, 0.1) is 19.3 Å². The molecule has 0 saturated heterocycles. The summed E-state index contributed by atoms with van der Waals surface area (Å²) in [6, 6.07) is 0.332. The summed E-state index contributed by atoms with van der Waals surface area (Å²) in [6.07, 6.45) is 2.37. The third kappa shape index (κ3) is 2.93. The van der Waals surface area contributed by atoms with Crippen molar-refractivity contribution in [3.8, 4) is 0 Å². The summed E-state index contributed by atoms with van der Waals surface area (Å²) in [6.45, 7) is 4.92. The standard InChI is InChI=1S/C10H21NO2/c1-7-5-9(11)6-8(2)10(7)13-4-3-12/h7-10,12H,3-6,11H2,1-2H3. The van der Waals surface area contributed by atoms with Crippen molar-refractivity contribution in [1.82, 2.24) is 0 Å². The van der Waals surface area contributed by atoms with Gasteiger partial charge in [-0.15, -0.1) is 0 Å². The zero-order valence-corrected chi connectivity index (χ0v) is 8.57. The molecule has 0 aromatic heterocycles. The van der Waals surface area contributed by atoms with Gasteiger partial charge in [0.15, 0.2) is 0 Å². The third-order valence-electron chi connectivity index (χ3n) is 2.87. The van der Waals surface area contributed by atoms with Crippen LogP contribution < -0.4 is 5.73 Å². The smallest absolute Gasteiger partial charge is 0.0701 e. The van der Waals surface area contributed by atoms with E-state index >= 15 is 0 Å². The lowest BCUT2D eigenvalue weighted by Gasteiger charge is -2.37. The van der Waals surface area contributed by atoms with E-state index in [1.807, 2.05) is 0 Å². The molecule has 2 atom stereocenters. The highest BCUT2D eigenvalue weighted by Gasteiger charge is 2.31. The summed E-state index contributed by atoms with van der Waals surface area (Å²) in [5.74, 6) is 1.04. The topological polar surface area (TPSA) is 55.5 Å². The quantitative estimate of drug-likeness (QED) is 0.685. The van der Waals surface area contributed by atoms with Gasteiger partial charge in [0.1, 0.15) is 0 Å². The van der Waals surface area contributed by atoms with Gasteiger partial charge >= 0.3 is 0 Å². The van der Waals surface area contributed by atoms with Crippen molar-refractivity contribution in [2.75, 3.05) is 13.2 Å². The highest BCUT2D eigenvalue weighted by molar-refractivity contribution is 4.84. The van der Waals surface area contributed by atoms with E-state index in [0.29, 0.717) is 24.5 Å². The molecular formula is C10H21NO2. The lowest BCUT2D eigenvalue weighted by Crippen LogP contribution is -2.42. The van der Waals surface area contributed by atoms with Crippen molar-refractivity contribution in [2.45, 2.75) is 38.8 Å². The largest absolute Gasteiger partial charge is 0.394 e. The molecule has 0 aliphatic heterocycles. The predicted molar refractivity (Wildman–Crippen MR) is 52.4 cm³/mol. The predicted octanol–water partition coefficient (Wildman–Crippen LogP) is 0.757. The molecule has 0 heterocycles. The third-order valence-corrected chi connectivity index (χ3v) is 2.87. The summed E-state index contributed by atoms with van der Waals surface area (Å²) in [5.41, 5.74) is 5.90. The maximum Gasteiger partial charge on any atom is 0.0701 e. The van der Waals surface area contributed by atoms with Crippen molar-refractivity contribution >= 4 is 0 Å². The van der Waals surface area contributed by atoms with E-state index in [1.165, 1.54) is 0 Å². The molecule has 1 saturated carbocycles. The minimum Gasteiger partial charge on any atom is -0.394 e. The summed E-state index contributed by atoms with van der Waals surface area (Å²) < 4.78 is 5.60. The maximum atomic E-state index is 8.67. The van der Waals surface area contributed by atoms with Crippen LogP contribution in [-0.2, 0) is 4.74 Å². The highest BCUT2D eigenvalue weighted by atomic mass is 16.5. The molecule has 78 valence electrons. The van der Waals surface area contributed by atoms with Crippen LogP contribution in [0.15, 0.2) is 0 Å². The van der Waals surface area contributed by atoms with E-state index < -0.39 is 0 Å². The van der Waals surface area contributed by atoms with Crippen LogP contribution >= 0.6 is 0 Å². The number of nitrogens with two attached hydrogens (primary N) is 1. The molecular weight excluding hydrogens is 166 g/mol. The van der Waals surface area contributed by atoms with E-state index in [4.69, 9.17) is 15.6 Å². The molecule has 1 fully saturated rings. The second kappa shape index (κ2) is 4.94. The van der Waals surface area contributed by atoms with Gasteiger partial charge in [-0.25, -0.2) is 0 Å². The normalized spacial score (nSPS) is 40.6. The number of ether oxygens (including phenoxy) is 1. The lowest BCUT2D eigenvalue weighted by atomic mass is 9.78. The molecule has 3 heteroatoms. The number of hydrogen-bond acceptors (Lipinski definition) is 3. The molecule has 1 aliphatic carbocycles. The van der Waals surface area contributed by atoms with Gasteiger partial charge in [-0.1, -0.05) is 13.8 Å². The first-order valence-corrected chi connectivity index (χ1v) is 5.13. The van der Waals surface area contributed by atoms with Crippen molar-refractivity contribution in [1.29, 1.82) is 0 Å². The molecule has 0 radical (unpaired) electrons. The van der Waals surface area contributed by atoms with E-state index in [-0.39, 0.29) is 12.7 Å². The van der Waals surface area contributed by atoms with Gasteiger partial charge in [0, 0.05) is 6.04 Å². The molecule has 13 heavy (non-hydrogen) atoms. The van der Waals surface area contributed by atoms with Crippen molar-refractivity contribution < 1.29 is 9.84 Å². The van der Waals surface area contributed by atoms with E-state index in [9.17, 15) is 0 Å². The second-order valence-electron chi connectivity index (χ2n) is 4.25. The zero-order valence-electron chi connectivity index (χ0n) is 8.57. The second-order valence-corrected chi connectivity index (χ2v) is 4.25. The molecule has 3 nitrogen and oxygen atoms in total. The van der Waals surface area contributed by atoms with Crippen molar-refractivity contribution in [2.24, 2.45) is 17.6 Å². The van der Waals surface area contributed by atoms with Gasteiger partial charge in [0.25, 0.3) is 0 Å². The van der Waals surface area contributed by atoms with Crippen LogP contribution in [0.2, 0.25) is 0 Å². The first kappa shape index (κ1) is 11.0. The Morgan fingerprint density at radius 1 is 1.31 bits per heavy atom. The number of aliphatic hydroxyl groups excluding tert-OH is 1. The first-order chi connectivity index (χ1) is 6.15. The fourth-order valence-electron chi connectivity index (χ4n) is 2.40. The Morgan fingerprint density at radius 3 is 2.31 bits per heavy atom. The Hall–Kier alpha value is -0.120. The Labute approximate surface area is 80.3 Å². The number of hydrogen-bond donors (Lipinski definition) is 2. The Bertz CT molecular complexity index is 140. The first-order valence-electron chi connectivity index (χ1n) is 5.13. The fraction of sp³-hybridized carbons (Fsp3) is 1.00. The van der Waals surface area contributed by atoms with Gasteiger partial charge in [-0.3, -0.25) is 0 Å². The zero-order chi connectivity index (χ0) is 9.84. The van der Waals surface area contributed by atoms with E-state index in [0.717, 1.165) is 12.8 Å². The lowest BCUT2D eigenvalue weighted by molar-refractivity contribution is -0.0525. The van der Waals surface area contributed by atoms with Crippen LogP contribution in [0.25, 0.3) is 0 Å². The molecule has 0 aromatic rings. The number of rotatable bonds is 3. The van der Waals surface area contributed by atoms with E-state index in [2.05, 4.69) is 13.8 Å². The summed E-state index contributed by atoms with van der Waals surface area (Å²) in [4.78, 5) is 0. The molecule has 3 N–H and O–H groups in total. The van der Waals surface area contributed by atoms with Crippen molar-refractivity contribution in [3.05, 3.63) is 0 Å².